The van der Waals surface area contributed by atoms with E-state index in [1.807, 2.05) is 0 Å². The Labute approximate surface area is 235 Å². The summed E-state index contributed by atoms with van der Waals surface area (Å²) in [6.45, 7) is 9.27. The molecule has 0 amide bonds. The van der Waals surface area contributed by atoms with E-state index in [9.17, 15) is 0 Å². The van der Waals surface area contributed by atoms with Crippen molar-refractivity contribution < 1.29 is 0 Å². The largest absolute Gasteiger partial charge is 0.0895 e. The molecule has 0 aromatic heterocycles. The van der Waals surface area contributed by atoms with Crippen molar-refractivity contribution in [3.63, 3.8) is 0 Å². The first-order valence-electron chi connectivity index (χ1n) is 16.1. The van der Waals surface area contributed by atoms with Crippen molar-refractivity contribution >= 4 is 11.8 Å². The standard InChI is InChI=1S/C36H58S/c1-5-9-13-17-23-31-25-21-29-35(33(31)27-19-15-11-7-3)37-36-30-22-26-32(24-18-14-10-6-2)34(36)28-20-16-12-8-4/h21-22,25-26,29-30H,5-20,23-24,27-28H2,1-4H3. The van der Waals surface area contributed by atoms with Crippen LogP contribution in [0.4, 0.5) is 0 Å². The van der Waals surface area contributed by atoms with Crippen molar-refractivity contribution in [2.24, 2.45) is 0 Å². The van der Waals surface area contributed by atoms with Crippen LogP contribution in [0.1, 0.15) is 153 Å². The van der Waals surface area contributed by atoms with Crippen LogP contribution in [0.2, 0.25) is 0 Å². The number of hydrogen-bond donors (Lipinski definition) is 0. The maximum absolute atomic E-state index is 2.43. The molecule has 0 bridgehead atoms. The Morgan fingerprint density at radius 1 is 0.405 bits per heavy atom. The van der Waals surface area contributed by atoms with E-state index < -0.39 is 0 Å². The van der Waals surface area contributed by atoms with Crippen molar-refractivity contribution in [3.05, 3.63) is 58.7 Å². The monoisotopic (exact) mass is 522 g/mol. The van der Waals surface area contributed by atoms with Gasteiger partial charge in [-0.05, 0) is 85.8 Å². The van der Waals surface area contributed by atoms with Gasteiger partial charge in [-0.15, -0.1) is 0 Å². The number of unbranched alkanes of at least 4 members (excludes halogenated alkanes) is 12. The third kappa shape index (κ3) is 12.5. The molecule has 0 radical (unpaired) electrons. The Kier molecular flexibility index (Phi) is 17.9. The summed E-state index contributed by atoms with van der Waals surface area (Å²) in [7, 11) is 0. The molecule has 2 rings (SSSR count). The fourth-order valence-corrected chi connectivity index (χ4v) is 6.75. The lowest BCUT2D eigenvalue weighted by Gasteiger charge is -2.18. The second-order valence-electron chi connectivity index (χ2n) is 11.1. The Morgan fingerprint density at radius 3 is 1.11 bits per heavy atom. The smallest absolute Gasteiger partial charge is 0.0157 e. The van der Waals surface area contributed by atoms with Gasteiger partial charge in [0.2, 0.25) is 0 Å². The second kappa shape index (κ2) is 20.7. The normalized spacial score (nSPS) is 11.4. The Balaban J connectivity index is 2.29. The maximum Gasteiger partial charge on any atom is 0.0157 e. The molecule has 37 heavy (non-hydrogen) atoms. The van der Waals surface area contributed by atoms with Gasteiger partial charge in [-0.25, -0.2) is 0 Å². The minimum Gasteiger partial charge on any atom is -0.0895 e. The molecule has 0 saturated heterocycles. The molecule has 2 aromatic carbocycles. The maximum atomic E-state index is 2.43. The summed E-state index contributed by atoms with van der Waals surface area (Å²) >= 11 is 2.08. The average molecular weight is 523 g/mol. The number of hydrogen-bond acceptors (Lipinski definition) is 1. The van der Waals surface area contributed by atoms with Gasteiger partial charge in [-0.2, -0.15) is 0 Å². The minimum atomic E-state index is 1.24. The molecule has 208 valence electrons. The Hall–Kier alpha value is -1.21. The van der Waals surface area contributed by atoms with Gasteiger partial charge in [-0.3, -0.25) is 0 Å². The molecule has 0 nitrogen and oxygen atoms in total. The Bertz CT molecular complexity index is 767. The van der Waals surface area contributed by atoms with E-state index in [4.69, 9.17) is 0 Å². The molecule has 0 fully saturated rings. The Morgan fingerprint density at radius 2 is 0.757 bits per heavy atom. The van der Waals surface area contributed by atoms with Crippen molar-refractivity contribution in [2.45, 2.75) is 166 Å². The number of rotatable bonds is 22. The highest BCUT2D eigenvalue weighted by Crippen LogP contribution is 2.37. The van der Waals surface area contributed by atoms with Crippen LogP contribution in [0.25, 0.3) is 0 Å². The molecule has 0 N–H and O–H groups in total. The van der Waals surface area contributed by atoms with Gasteiger partial charge in [-0.1, -0.05) is 141 Å². The summed E-state index contributed by atoms with van der Waals surface area (Å²) in [5.74, 6) is 0. The van der Waals surface area contributed by atoms with Gasteiger partial charge in [0.1, 0.15) is 0 Å². The highest BCUT2D eigenvalue weighted by molar-refractivity contribution is 7.99. The first-order valence-corrected chi connectivity index (χ1v) is 17.0. The van der Waals surface area contributed by atoms with Crippen molar-refractivity contribution in [2.75, 3.05) is 0 Å². The lowest BCUT2D eigenvalue weighted by atomic mass is 9.96. The van der Waals surface area contributed by atoms with Crippen LogP contribution < -0.4 is 0 Å². The predicted octanol–water partition coefficient (Wildman–Crippen LogP) is 12.3. The molecule has 0 aliphatic carbocycles. The molecule has 0 aliphatic rings. The quantitative estimate of drug-likeness (QED) is 0.139. The highest BCUT2D eigenvalue weighted by Gasteiger charge is 2.14. The minimum absolute atomic E-state index is 1.24. The van der Waals surface area contributed by atoms with Gasteiger partial charge in [0, 0.05) is 9.79 Å². The molecular formula is C36H58S. The van der Waals surface area contributed by atoms with Gasteiger partial charge in [0.25, 0.3) is 0 Å². The molecule has 0 spiro atoms. The zero-order valence-corrected chi connectivity index (χ0v) is 25.8. The number of benzene rings is 2. The van der Waals surface area contributed by atoms with Crippen LogP contribution in [0.15, 0.2) is 46.2 Å². The SMILES string of the molecule is CCCCCCc1cccc(Sc2cccc(CCCCCC)c2CCCCCC)c1CCCCCC. The molecule has 1 heteroatoms. The zero-order chi connectivity index (χ0) is 26.6. The van der Waals surface area contributed by atoms with Crippen molar-refractivity contribution in [3.8, 4) is 0 Å². The van der Waals surface area contributed by atoms with Crippen LogP contribution in [-0.2, 0) is 25.7 Å². The van der Waals surface area contributed by atoms with Crippen LogP contribution in [0, 0.1) is 0 Å². The highest BCUT2D eigenvalue weighted by atomic mass is 32.2. The summed E-state index contributed by atoms with van der Waals surface area (Å²) in [5, 5.41) is 0. The zero-order valence-electron chi connectivity index (χ0n) is 25.0. The first kappa shape index (κ1) is 32.0. The van der Waals surface area contributed by atoms with Crippen LogP contribution in [0.5, 0.6) is 0 Å². The molecule has 0 saturated carbocycles. The molecule has 0 aliphatic heterocycles. The summed E-state index contributed by atoms with van der Waals surface area (Å²) in [6, 6.07) is 14.4. The molecule has 2 aromatic rings. The van der Waals surface area contributed by atoms with E-state index in [1.54, 1.807) is 22.3 Å². The van der Waals surface area contributed by atoms with Gasteiger partial charge >= 0.3 is 0 Å². The first-order chi connectivity index (χ1) is 18.2. The average Bonchev–Trinajstić information content (AvgIpc) is 2.91. The molecule has 0 heterocycles. The third-order valence-corrected chi connectivity index (χ3v) is 9.04. The van der Waals surface area contributed by atoms with Crippen LogP contribution >= 0.6 is 11.8 Å². The fourth-order valence-electron chi connectivity index (χ4n) is 5.51. The van der Waals surface area contributed by atoms with E-state index >= 15 is 0 Å². The topological polar surface area (TPSA) is 0 Å². The van der Waals surface area contributed by atoms with Crippen molar-refractivity contribution in [1.29, 1.82) is 0 Å². The predicted molar refractivity (Wildman–Crippen MR) is 168 cm³/mol. The lowest BCUT2D eigenvalue weighted by Crippen LogP contribution is -2.01. The van der Waals surface area contributed by atoms with Crippen LogP contribution in [-0.4, -0.2) is 0 Å². The van der Waals surface area contributed by atoms with Crippen molar-refractivity contribution in [1.82, 2.24) is 0 Å². The molecule has 0 atom stereocenters. The summed E-state index contributed by atoms with van der Waals surface area (Å²) in [6.07, 6.45) is 26.5. The molecular weight excluding hydrogens is 464 g/mol. The number of aryl methyl sites for hydroxylation is 2. The fraction of sp³-hybridized carbons (Fsp3) is 0.667. The second-order valence-corrected chi connectivity index (χ2v) is 12.2. The van der Waals surface area contributed by atoms with Gasteiger partial charge in [0.05, 0.1) is 0 Å². The van der Waals surface area contributed by atoms with E-state index in [0.717, 1.165) is 0 Å². The van der Waals surface area contributed by atoms with E-state index in [1.165, 1.54) is 138 Å². The van der Waals surface area contributed by atoms with Gasteiger partial charge in [0.15, 0.2) is 0 Å². The third-order valence-electron chi connectivity index (χ3n) is 7.84. The summed E-state index contributed by atoms with van der Waals surface area (Å²) in [4.78, 5) is 3.06. The van der Waals surface area contributed by atoms with Gasteiger partial charge < -0.3 is 0 Å². The summed E-state index contributed by atoms with van der Waals surface area (Å²) < 4.78 is 0. The van der Waals surface area contributed by atoms with Crippen LogP contribution in [0.3, 0.4) is 0 Å². The van der Waals surface area contributed by atoms with E-state index in [2.05, 4.69) is 75.9 Å². The van der Waals surface area contributed by atoms with E-state index in [0.29, 0.717) is 0 Å². The molecule has 0 unspecified atom stereocenters. The van der Waals surface area contributed by atoms with E-state index in [-0.39, 0.29) is 0 Å². The lowest BCUT2D eigenvalue weighted by molar-refractivity contribution is 0.646. The summed E-state index contributed by atoms with van der Waals surface area (Å²) in [5.41, 5.74) is 6.56.